The van der Waals surface area contributed by atoms with Gasteiger partial charge in [-0.2, -0.15) is 0 Å². The van der Waals surface area contributed by atoms with Crippen molar-refractivity contribution in [2.24, 2.45) is 5.73 Å². The molecular weight excluding hydrogens is 240 g/mol. The highest BCUT2D eigenvalue weighted by atomic mass is 16.5. The number of aryl methyl sites for hydroxylation is 1. The molecule has 0 fully saturated rings. The molecule has 0 spiro atoms. The van der Waals surface area contributed by atoms with Crippen LogP contribution < -0.4 is 15.2 Å². The number of aromatic nitrogens is 1. The van der Waals surface area contributed by atoms with Gasteiger partial charge >= 0.3 is 0 Å². The van der Waals surface area contributed by atoms with Crippen LogP contribution in [0.4, 0.5) is 0 Å². The summed E-state index contributed by atoms with van der Waals surface area (Å²) in [7, 11) is 1.63. The molecule has 0 atom stereocenters. The molecule has 0 aliphatic rings. The third kappa shape index (κ3) is 3.45. The van der Waals surface area contributed by atoms with Crippen molar-refractivity contribution in [2.75, 3.05) is 7.11 Å². The van der Waals surface area contributed by atoms with Gasteiger partial charge in [0.15, 0.2) is 0 Å². The Morgan fingerprint density at radius 3 is 2.74 bits per heavy atom. The van der Waals surface area contributed by atoms with Gasteiger partial charge in [0.2, 0.25) is 0 Å². The van der Waals surface area contributed by atoms with Crippen molar-refractivity contribution < 1.29 is 9.47 Å². The van der Waals surface area contributed by atoms with E-state index in [0.717, 1.165) is 28.2 Å². The summed E-state index contributed by atoms with van der Waals surface area (Å²) in [5.74, 6) is 1.56. The molecule has 4 nitrogen and oxygen atoms in total. The molecule has 0 saturated heterocycles. The summed E-state index contributed by atoms with van der Waals surface area (Å²) >= 11 is 0. The van der Waals surface area contributed by atoms with E-state index < -0.39 is 0 Å². The van der Waals surface area contributed by atoms with E-state index in [4.69, 9.17) is 15.2 Å². The molecule has 0 radical (unpaired) electrons. The second-order valence-electron chi connectivity index (χ2n) is 4.34. The van der Waals surface area contributed by atoms with Gasteiger partial charge in [0.05, 0.1) is 7.11 Å². The van der Waals surface area contributed by atoms with E-state index in [0.29, 0.717) is 13.2 Å². The average molecular weight is 258 g/mol. The fourth-order valence-electron chi connectivity index (χ4n) is 1.84. The molecule has 2 N–H and O–H groups in total. The molecule has 0 amide bonds. The Labute approximate surface area is 113 Å². The number of rotatable bonds is 5. The molecule has 0 saturated carbocycles. The van der Waals surface area contributed by atoms with Crippen molar-refractivity contribution in [3.05, 3.63) is 53.3 Å². The maximum Gasteiger partial charge on any atom is 0.124 e. The minimum absolute atomic E-state index is 0.415. The SMILES string of the molecule is COc1ccc(OCc2cncc(C)c2)c(CN)c1. The van der Waals surface area contributed by atoms with Crippen LogP contribution >= 0.6 is 0 Å². The van der Waals surface area contributed by atoms with Gasteiger partial charge in [-0.25, -0.2) is 0 Å². The van der Waals surface area contributed by atoms with Gasteiger partial charge in [0.1, 0.15) is 18.1 Å². The topological polar surface area (TPSA) is 57.4 Å². The van der Waals surface area contributed by atoms with Crippen molar-refractivity contribution in [1.82, 2.24) is 4.98 Å². The Balaban J connectivity index is 2.11. The van der Waals surface area contributed by atoms with Crippen molar-refractivity contribution >= 4 is 0 Å². The summed E-state index contributed by atoms with van der Waals surface area (Å²) in [6.45, 7) is 2.90. The number of pyridine rings is 1. The lowest BCUT2D eigenvalue weighted by Gasteiger charge is -2.12. The first-order valence-electron chi connectivity index (χ1n) is 6.13. The van der Waals surface area contributed by atoms with E-state index in [9.17, 15) is 0 Å². The maximum absolute atomic E-state index is 5.79. The number of ether oxygens (including phenoxy) is 2. The van der Waals surface area contributed by atoms with Crippen LogP contribution in [-0.2, 0) is 13.2 Å². The number of hydrogen-bond acceptors (Lipinski definition) is 4. The van der Waals surface area contributed by atoms with Gasteiger partial charge in [0, 0.05) is 30.1 Å². The van der Waals surface area contributed by atoms with E-state index in [2.05, 4.69) is 11.1 Å². The molecular formula is C15H18N2O2. The predicted octanol–water partition coefficient (Wildman–Crippen LogP) is 2.44. The highest BCUT2D eigenvalue weighted by molar-refractivity contribution is 5.40. The van der Waals surface area contributed by atoms with Crippen LogP contribution in [0.1, 0.15) is 16.7 Å². The van der Waals surface area contributed by atoms with E-state index in [1.807, 2.05) is 31.3 Å². The Morgan fingerprint density at radius 1 is 1.21 bits per heavy atom. The second-order valence-corrected chi connectivity index (χ2v) is 4.34. The highest BCUT2D eigenvalue weighted by Gasteiger charge is 2.05. The third-order valence-electron chi connectivity index (χ3n) is 2.81. The number of hydrogen-bond donors (Lipinski definition) is 1. The van der Waals surface area contributed by atoms with Gasteiger partial charge < -0.3 is 15.2 Å². The largest absolute Gasteiger partial charge is 0.497 e. The van der Waals surface area contributed by atoms with Crippen LogP contribution in [-0.4, -0.2) is 12.1 Å². The van der Waals surface area contributed by atoms with Gasteiger partial charge in [-0.1, -0.05) is 0 Å². The average Bonchev–Trinajstić information content (AvgIpc) is 2.45. The number of nitrogens with zero attached hydrogens (tertiary/aromatic N) is 1. The summed E-state index contributed by atoms with van der Waals surface area (Å²) < 4.78 is 11.0. The molecule has 1 heterocycles. The Bertz CT molecular complexity index is 556. The van der Waals surface area contributed by atoms with Crippen molar-refractivity contribution in [1.29, 1.82) is 0 Å². The smallest absolute Gasteiger partial charge is 0.124 e. The van der Waals surface area contributed by atoms with Gasteiger partial charge in [-0.05, 0) is 36.8 Å². The van der Waals surface area contributed by atoms with Gasteiger partial charge in [-0.15, -0.1) is 0 Å². The van der Waals surface area contributed by atoms with Crippen LogP contribution in [0.5, 0.6) is 11.5 Å². The zero-order chi connectivity index (χ0) is 13.7. The summed E-state index contributed by atoms with van der Waals surface area (Å²) in [6, 6.07) is 7.69. The molecule has 1 aromatic heterocycles. The van der Waals surface area contributed by atoms with E-state index in [1.165, 1.54) is 0 Å². The van der Waals surface area contributed by atoms with E-state index in [1.54, 1.807) is 13.3 Å². The minimum atomic E-state index is 0.415. The van der Waals surface area contributed by atoms with Crippen molar-refractivity contribution in [3.8, 4) is 11.5 Å². The molecule has 1 aromatic carbocycles. The summed E-state index contributed by atoms with van der Waals surface area (Å²) in [5, 5.41) is 0. The lowest BCUT2D eigenvalue weighted by molar-refractivity contribution is 0.301. The Hall–Kier alpha value is -2.07. The first kappa shape index (κ1) is 13.4. The van der Waals surface area contributed by atoms with Crippen LogP contribution in [0, 0.1) is 6.92 Å². The molecule has 0 aliphatic heterocycles. The predicted molar refractivity (Wildman–Crippen MR) is 74.2 cm³/mol. The van der Waals surface area contributed by atoms with Crippen LogP contribution in [0.3, 0.4) is 0 Å². The minimum Gasteiger partial charge on any atom is -0.497 e. The summed E-state index contributed by atoms with van der Waals surface area (Å²) in [4.78, 5) is 4.14. The molecule has 2 rings (SSSR count). The molecule has 0 aliphatic carbocycles. The first-order chi connectivity index (χ1) is 9.22. The van der Waals surface area contributed by atoms with Crippen LogP contribution in [0.15, 0.2) is 36.7 Å². The molecule has 0 bridgehead atoms. The quantitative estimate of drug-likeness (QED) is 0.895. The fourth-order valence-corrected chi connectivity index (χ4v) is 1.84. The zero-order valence-electron chi connectivity index (χ0n) is 11.2. The number of methoxy groups -OCH3 is 1. The highest BCUT2D eigenvalue weighted by Crippen LogP contribution is 2.24. The summed E-state index contributed by atoms with van der Waals surface area (Å²) in [6.07, 6.45) is 3.63. The van der Waals surface area contributed by atoms with Crippen LogP contribution in [0.25, 0.3) is 0 Å². The van der Waals surface area contributed by atoms with E-state index >= 15 is 0 Å². The Morgan fingerprint density at radius 2 is 2.05 bits per heavy atom. The third-order valence-corrected chi connectivity index (χ3v) is 2.81. The van der Waals surface area contributed by atoms with Gasteiger partial charge in [-0.3, -0.25) is 4.98 Å². The number of benzene rings is 1. The number of nitrogens with two attached hydrogens (primary N) is 1. The van der Waals surface area contributed by atoms with Crippen LogP contribution in [0.2, 0.25) is 0 Å². The normalized spacial score (nSPS) is 10.3. The lowest BCUT2D eigenvalue weighted by Crippen LogP contribution is -2.03. The molecule has 4 heteroatoms. The van der Waals surface area contributed by atoms with E-state index in [-0.39, 0.29) is 0 Å². The molecule has 100 valence electrons. The zero-order valence-corrected chi connectivity index (χ0v) is 11.2. The molecule has 19 heavy (non-hydrogen) atoms. The standard InChI is InChI=1S/C15H18N2O2/c1-11-5-12(9-17-8-11)10-19-15-4-3-14(18-2)6-13(15)7-16/h3-6,8-9H,7,10,16H2,1-2H3. The van der Waals surface area contributed by atoms with Gasteiger partial charge in [0.25, 0.3) is 0 Å². The fraction of sp³-hybridized carbons (Fsp3) is 0.267. The second kappa shape index (κ2) is 6.20. The van der Waals surface area contributed by atoms with Crippen molar-refractivity contribution in [3.63, 3.8) is 0 Å². The summed E-state index contributed by atoms with van der Waals surface area (Å²) in [5.41, 5.74) is 8.81. The lowest BCUT2D eigenvalue weighted by atomic mass is 10.2. The molecule has 2 aromatic rings. The maximum atomic E-state index is 5.79. The Kier molecular flexibility index (Phi) is 4.36. The monoisotopic (exact) mass is 258 g/mol. The molecule has 0 unspecified atom stereocenters. The van der Waals surface area contributed by atoms with Crippen molar-refractivity contribution in [2.45, 2.75) is 20.1 Å². The first-order valence-corrected chi connectivity index (χ1v) is 6.13.